The molecule has 14 heavy (non-hydrogen) atoms. The van der Waals surface area contributed by atoms with Crippen LogP contribution in [0.4, 0.5) is 0 Å². The van der Waals surface area contributed by atoms with Crippen molar-refractivity contribution in [1.82, 2.24) is 5.32 Å². The third-order valence-electron chi connectivity index (χ3n) is 4.47. The molecule has 2 fully saturated rings. The van der Waals surface area contributed by atoms with Crippen LogP contribution in [-0.4, -0.2) is 23.3 Å². The van der Waals surface area contributed by atoms with Gasteiger partial charge >= 0.3 is 0 Å². The topological polar surface area (TPSA) is 32.3 Å². The zero-order chi connectivity index (χ0) is 10.2. The quantitative estimate of drug-likeness (QED) is 0.723. The summed E-state index contributed by atoms with van der Waals surface area (Å²) < 4.78 is 0. The van der Waals surface area contributed by atoms with Crippen LogP contribution in [0.5, 0.6) is 0 Å². The molecule has 82 valence electrons. The number of rotatable bonds is 4. The minimum absolute atomic E-state index is 0.0605. The highest BCUT2D eigenvalue weighted by molar-refractivity contribution is 5.02. The fraction of sp³-hybridized carbons (Fsp3) is 1.00. The third kappa shape index (κ3) is 1.82. The van der Waals surface area contributed by atoms with Gasteiger partial charge in [0.15, 0.2) is 0 Å². The number of aliphatic hydroxyl groups is 1. The molecule has 2 nitrogen and oxygen atoms in total. The predicted octanol–water partition coefficient (Wildman–Crippen LogP) is 2.07. The molecule has 0 radical (unpaired) electrons. The van der Waals surface area contributed by atoms with Crippen LogP contribution in [0, 0.1) is 5.41 Å². The number of hydrogen-bond donors (Lipinski definition) is 2. The first-order chi connectivity index (χ1) is 6.60. The summed E-state index contributed by atoms with van der Waals surface area (Å²) in [4.78, 5) is 0. The van der Waals surface area contributed by atoms with Gasteiger partial charge in [-0.15, -0.1) is 0 Å². The van der Waals surface area contributed by atoms with E-state index in [0.717, 1.165) is 12.8 Å². The molecule has 0 saturated heterocycles. The van der Waals surface area contributed by atoms with Crippen LogP contribution in [-0.2, 0) is 0 Å². The molecule has 2 heteroatoms. The van der Waals surface area contributed by atoms with E-state index in [4.69, 9.17) is 0 Å². The van der Waals surface area contributed by atoms with E-state index >= 15 is 0 Å². The van der Waals surface area contributed by atoms with Crippen molar-refractivity contribution in [2.45, 2.75) is 64.0 Å². The summed E-state index contributed by atoms with van der Waals surface area (Å²) in [6.45, 7) is 4.95. The molecule has 0 aromatic carbocycles. The Labute approximate surface area is 87.1 Å². The molecule has 0 bridgehead atoms. The van der Waals surface area contributed by atoms with Crippen molar-refractivity contribution in [3.63, 3.8) is 0 Å². The Morgan fingerprint density at radius 2 is 1.79 bits per heavy atom. The smallest absolute Gasteiger partial charge is 0.0613 e. The van der Waals surface area contributed by atoms with Crippen LogP contribution in [0.1, 0.15) is 52.4 Å². The van der Waals surface area contributed by atoms with Crippen LogP contribution in [0.2, 0.25) is 0 Å². The lowest BCUT2D eigenvalue weighted by molar-refractivity contribution is 0.139. The summed E-state index contributed by atoms with van der Waals surface area (Å²) in [7, 11) is 0. The number of aliphatic hydroxyl groups excluding tert-OH is 1. The maximum atomic E-state index is 9.49. The molecule has 0 heterocycles. The molecule has 2 aliphatic rings. The lowest BCUT2D eigenvalue weighted by Gasteiger charge is -2.34. The van der Waals surface area contributed by atoms with E-state index < -0.39 is 0 Å². The molecular formula is C12H23NO. The van der Waals surface area contributed by atoms with Gasteiger partial charge < -0.3 is 10.4 Å². The molecule has 0 aromatic heterocycles. The van der Waals surface area contributed by atoms with E-state index in [9.17, 15) is 5.11 Å². The minimum atomic E-state index is 0.0605. The van der Waals surface area contributed by atoms with Crippen LogP contribution in [0.25, 0.3) is 0 Å². The van der Waals surface area contributed by atoms with Gasteiger partial charge in [0, 0.05) is 11.6 Å². The second-order valence-corrected chi connectivity index (χ2v) is 5.67. The molecular weight excluding hydrogens is 174 g/mol. The summed E-state index contributed by atoms with van der Waals surface area (Å²) in [6.07, 6.45) is 7.56. The predicted molar refractivity (Wildman–Crippen MR) is 58.2 cm³/mol. The summed E-state index contributed by atoms with van der Waals surface area (Å²) in [6, 6.07) is 0.563. The average molecular weight is 197 g/mol. The van der Waals surface area contributed by atoms with E-state index in [1.165, 1.54) is 25.7 Å². The maximum Gasteiger partial charge on any atom is 0.0613 e. The molecule has 2 saturated carbocycles. The first-order valence-electron chi connectivity index (χ1n) is 5.99. The molecule has 2 rings (SSSR count). The lowest BCUT2D eigenvalue weighted by Crippen LogP contribution is -2.52. The second-order valence-electron chi connectivity index (χ2n) is 5.67. The minimum Gasteiger partial charge on any atom is -0.394 e. The maximum absolute atomic E-state index is 9.49. The second kappa shape index (κ2) is 3.49. The Bertz CT molecular complexity index is 204. The molecule has 0 aromatic rings. The van der Waals surface area contributed by atoms with Crippen molar-refractivity contribution in [3.05, 3.63) is 0 Å². The van der Waals surface area contributed by atoms with Crippen LogP contribution >= 0.6 is 0 Å². The third-order valence-corrected chi connectivity index (χ3v) is 4.47. The number of nitrogens with one attached hydrogen (secondary N) is 1. The monoisotopic (exact) mass is 197 g/mol. The largest absolute Gasteiger partial charge is 0.394 e. The van der Waals surface area contributed by atoms with Gasteiger partial charge in [-0.05, 0) is 38.0 Å². The highest BCUT2D eigenvalue weighted by atomic mass is 16.3. The van der Waals surface area contributed by atoms with E-state index in [0.29, 0.717) is 18.1 Å². The normalized spacial score (nSPS) is 30.2. The van der Waals surface area contributed by atoms with Crippen LogP contribution in [0.15, 0.2) is 0 Å². The van der Waals surface area contributed by atoms with Crippen molar-refractivity contribution in [2.24, 2.45) is 5.41 Å². The fourth-order valence-corrected chi connectivity index (χ4v) is 2.66. The highest BCUT2D eigenvalue weighted by Gasteiger charge is 2.45. The van der Waals surface area contributed by atoms with Gasteiger partial charge in [-0.2, -0.15) is 0 Å². The molecule has 0 aliphatic heterocycles. The fourth-order valence-electron chi connectivity index (χ4n) is 2.66. The Kier molecular flexibility index (Phi) is 2.61. The molecule has 1 unspecified atom stereocenters. The van der Waals surface area contributed by atoms with Crippen molar-refractivity contribution in [2.75, 3.05) is 6.61 Å². The summed E-state index contributed by atoms with van der Waals surface area (Å²) in [5.74, 6) is 0. The summed E-state index contributed by atoms with van der Waals surface area (Å²) in [5, 5.41) is 13.2. The summed E-state index contributed by atoms with van der Waals surface area (Å²) >= 11 is 0. The van der Waals surface area contributed by atoms with Crippen LogP contribution < -0.4 is 5.32 Å². The average Bonchev–Trinajstić information content (AvgIpc) is 2.78. The SMILES string of the molecule is CC(NC1(CO)CCCC1)C1(C)CC1. The summed E-state index contributed by atoms with van der Waals surface area (Å²) in [5.41, 5.74) is 0.579. The van der Waals surface area contributed by atoms with Gasteiger partial charge in [-0.3, -0.25) is 0 Å². The Balaban J connectivity index is 1.93. The van der Waals surface area contributed by atoms with Crippen molar-refractivity contribution < 1.29 is 5.11 Å². The van der Waals surface area contributed by atoms with Crippen molar-refractivity contribution in [3.8, 4) is 0 Å². The van der Waals surface area contributed by atoms with Gasteiger partial charge in [-0.25, -0.2) is 0 Å². The van der Waals surface area contributed by atoms with Gasteiger partial charge in [0.2, 0.25) is 0 Å². The van der Waals surface area contributed by atoms with Crippen molar-refractivity contribution >= 4 is 0 Å². The standard InChI is InChI=1S/C12H23NO/c1-10(11(2)7-8-11)13-12(9-14)5-3-4-6-12/h10,13-14H,3-9H2,1-2H3. The molecule has 2 N–H and O–H groups in total. The Morgan fingerprint density at radius 1 is 1.21 bits per heavy atom. The molecule has 0 spiro atoms. The first kappa shape index (κ1) is 10.4. The van der Waals surface area contributed by atoms with E-state index in [1.54, 1.807) is 0 Å². The molecule has 2 aliphatic carbocycles. The zero-order valence-corrected chi connectivity index (χ0v) is 9.47. The first-order valence-corrected chi connectivity index (χ1v) is 5.99. The molecule has 0 amide bonds. The van der Waals surface area contributed by atoms with E-state index in [2.05, 4.69) is 19.2 Å². The van der Waals surface area contributed by atoms with Gasteiger partial charge in [-0.1, -0.05) is 19.8 Å². The molecule has 1 atom stereocenters. The number of hydrogen-bond acceptors (Lipinski definition) is 2. The van der Waals surface area contributed by atoms with Gasteiger partial charge in [0.25, 0.3) is 0 Å². The van der Waals surface area contributed by atoms with Gasteiger partial charge in [0.1, 0.15) is 0 Å². The Morgan fingerprint density at radius 3 is 2.21 bits per heavy atom. The lowest BCUT2D eigenvalue weighted by atomic mass is 9.93. The van der Waals surface area contributed by atoms with E-state index in [-0.39, 0.29) is 5.54 Å². The Hall–Kier alpha value is -0.0800. The highest BCUT2D eigenvalue weighted by Crippen LogP contribution is 2.49. The van der Waals surface area contributed by atoms with E-state index in [1.807, 2.05) is 0 Å². The zero-order valence-electron chi connectivity index (χ0n) is 9.47. The van der Waals surface area contributed by atoms with Crippen molar-refractivity contribution in [1.29, 1.82) is 0 Å². The van der Waals surface area contributed by atoms with Gasteiger partial charge in [0.05, 0.1) is 6.61 Å². The van der Waals surface area contributed by atoms with Crippen LogP contribution in [0.3, 0.4) is 0 Å².